The second kappa shape index (κ2) is 5.06. The van der Waals surface area contributed by atoms with Crippen molar-refractivity contribution in [3.05, 3.63) is 11.0 Å². The number of allylic oxidation sites excluding steroid dienone is 1. The number of aliphatic imine (C=N–C) groups is 1. The Bertz CT molecular complexity index is 494. The van der Waals surface area contributed by atoms with Crippen molar-refractivity contribution < 1.29 is 14.2 Å². The van der Waals surface area contributed by atoms with Crippen LogP contribution in [0.3, 0.4) is 0 Å². The second-order valence-corrected chi connectivity index (χ2v) is 5.39. The molecule has 1 atom stereocenters. The van der Waals surface area contributed by atoms with Crippen LogP contribution < -0.4 is 0 Å². The summed E-state index contributed by atoms with van der Waals surface area (Å²) in [4.78, 5) is 30.4. The van der Waals surface area contributed by atoms with E-state index in [9.17, 15) is 9.59 Å². The lowest BCUT2D eigenvalue weighted by Gasteiger charge is -2.26. The average molecular weight is 266 g/mol. The summed E-state index contributed by atoms with van der Waals surface area (Å²) >= 11 is 1.66. The number of hydrogen-bond acceptors (Lipinski definition) is 4. The van der Waals surface area contributed by atoms with Crippen molar-refractivity contribution in [2.75, 3.05) is 19.8 Å². The van der Waals surface area contributed by atoms with Crippen molar-refractivity contribution in [3.63, 3.8) is 0 Å². The minimum Gasteiger partial charge on any atom is -0.255 e. The molecule has 0 aliphatic carbocycles. The third-order valence-corrected chi connectivity index (χ3v) is 4.27. The molecular weight excluding hydrogens is 250 g/mol. The number of thioether (sulfide) groups is 1. The number of dihydropyridines is 1. The molecule has 0 spiro atoms. The molecule has 2 aliphatic rings. The number of carbonyl (C=O) groups excluding carboxylic acids is 2. The van der Waals surface area contributed by atoms with E-state index < -0.39 is 5.92 Å². The van der Waals surface area contributed by atoms with Crippen LogP contribution in [0.4, 0.5) is 4.79 Å². The Kier molecular flexibility index (Phi) is 3.65. The molecule has 6 heteroatoms. The van der Waals surface area contributed by atoms with Gasteiger partial charge in [0.15, 0.2) is 5.92 Å². The molecule has 5 nitrogen and oxygen atoms in total. The van der Waals surface area contributed by atoms with E-state index in [4.69, 9.17) is 0 Å². The third kappa shape index (κ3) is 2.01. The Labute approximate surface area is 110 Å². The van der Waals surface area contributed by atoms with Gasteiger partial charge in [-0.2, -0.15) is 9.48 Å². The maximum absolute atomic E-state index is 12.2. The lowest BCUT2D eigenvalue weighted by atomic mass is 10.0. The summed E-state index contributed by atoms with van der Waals surface area (Å²) in [6.45, 7) is 2.10. The average Bonchev–Trinajstić information content (AvgIpc) is 2.40. The molecule has 0 N–H and O–H groups in total. The van der Waals surface area contributed by atoms with E-state index in [1.165, 1.54) is 11.6 Å². The van der Waals surface area contributed by atoms with Gasteiger partial charge in [-0.25, -0.2) is 4.79 Å². The normalized spacial score (nSPS) is 23.4. The molecule has 0 aromatic rings. The maximum atomic E-state index is 12.2. The molecule has 2 heterocycles. The largest absolute Gasteiger partial charge is 0.445 e. The van der Waals surface area contributed by atoms with Crippen LogP contribution in [0.1, 0.15) is 13.3 Å². The number of rotatable bonds is 3. The molecule has 96 valence electrons. The van der Waals surface area contributed by atoms with Crippen molar-refractivity contribution in [1.29, 1.82) is 0 Å². The number of fused-ring (bicyclic) bond motifs is 1. The lowest BCUT2D eigenvalue weighted by Crippen LogP contribution is -2.52. The highest BCUT2D eigenvalue weighted by atomic mass is 32.2. The number of amides is 3. The molecule has 18 heavy (non-hydrogen) atoms. The van der Waals surface area contributed by atoms with Gasteiger partial charge in [-0.1, -0.05) is 6.92 Å². The number of hydrogen-bond donors (Lipinski definition) is 0. The van der Waals surface area contributed by atoms with Crippen LogP contribution in [0, 0.1) is 5.92 Å². The third-order valence-electron chi connectivity index (χ3n) is 2.96. The summed E-state index contributed by atoms with van der Waals surface area (Å²) in [5.41, 5.74) is 0. The van der Waals surface area contributed by atoms with E-state index in [0.717, 1.165) is 22.0 Å². The molecule has 3 amide bonds. The van der Waals surface area contributed by atoms with E-state index in [-0.39, 0.29) is 11.9 Å². The minimum atomic E-state index is -0.417. The highest BCUT2D eigenvalue weighted by Gasteiger charge is 2.46. The molecule has 0 aromatic carbocycles. The fourth-order valence-corrected chi connectivity index (χ4v) is 2.93. The molecule has 0 bridgehead atoms. The SMILES string of the molecule is CCCSC1=CC=NC2=[N+](C)C(=O)N(C)C(=O)C12. The van der Waals surface area contributed by atoms with Crippen molar-refractivity contribution in [2.24, 2.45) is 10.9 Å². The zero-order valence-corrected chi connectivity index (χ0v) is 11.5. The van der Waals surface area contributed by atoms with E-state index >= 15 is 0 Å². The molecule has 0 saturated heterocycles. The highest BCUT2D eigenvalue weighted by molar-refractivity contribution is 8.03. The first-order valence-electron chi connectivity index (χ1n) is 5.87. The number of nitrogens with zero attached hydrogens (tertiary/aromatic N) is 3. The minimum absolute atomic E-state index is 0.195. The van der Waals surface area contributed by atoms with Gasteiger partial charge in [0.1, 0.15) is 6.21 Å². The molecule has 2 aliphatic heterocycles. The van der Waals surface area contributed by atoms with Gasteiger partial charge in [0.2, 0.25) is 0 Å². The van der Waals surface area contributed by atoms with Gasteiger partial charge in [0, 0.05) is 4.91 Å². The highest BCUT2D eigenvalue weighted by Crippen LogP contribution is 2.31. The standard InChI is InChI=1S/C12H16N3O2S/c1-4-7-18-8-5-6-13-10-9(8)11(16)15(3)12(17)14(10)2/h5-6,9H,4,7H2,1-3H3/q+1. The Morgan fingerprint density at radius 1 is 1.50 bits per heavy atom. The van der Waals surface area contributed by atoms with Crippen molar-refractivity contribution in [1.82, 2.24) is 4.90 Å². The van der Waals surface area contributed by atoms with Crippen LogP contribution in [-0.2, 0) is 4.79 Å². The molecule has 0 radical (unpaired) electrons. The Morgan fingerprint density at radius 3 is 2.89 bits per heavy atom. The summed E-state index contributed by atoms with van der Waals surface area (Å²) in [6, 6.07) is -0.329. The number of imide groups is 1. The van der Waals surface area contributed by atoms with Crippen LogP contribution >= 0.6 is 11.8 Å². The van der Waals surface area contributed by atoms with Gasteiger partial charge in [0.05, 0.1) is 14.1 Å². The summed E-state index contributed by atoms with van der Waals surface area (Å²) < 4.78 is 1.45. The van der Waals surface area contributed by atoms with E-state index in [0.29, 0.717) is 5.84 Å². The van der Waals surface area contributed by atoms with Gasteiger partial charge in [-0.15, -0.1) is 16.8 Å². The predicted molar refractivity (Wildman–Crippen MR) is 72.2 cm³/mol. The van der Waals surface area contributed by atoms with Crippen molar-refractivity contribution >= 4 is 35.8 Å². The van der Waals surface area contributed by atoms with Gasteiger partial charge in [-0.3, -0.25) is 4.79 Å². The van der Waals surface area contributed by atoms with Crippen molar-refractivity contribution in [2.45, 2.75) is 13.3 Å². The summed E-state index contributed by atoms with van der Waals surface area (Å²) in [7, 11) is 3.16. The van der Waals surface area contributed by atoms with Crippen LogP contribution in [0.2, 0.25) is 0 Å². The molecule has 0 fully saturated rings. The number of carbonyl (C=O) groups is 2. The Balaban J connectivity index is 2.40. The van der Waals surface area contributed by atoms with Gasteiger partial charge in [-0.05, 0) is 18.2 Å². The van der Waals surface area contributed by atoms with Crippen LogP contribution in [-0.4, -0.2) is 53.3 Å². The lowest BCUT2D eigenvalue weighted by molar-refractivity contribution is -0.407. The van der Waals surface area contributed by atoms with E-state index in [1.54, 1.807) is 25.0 Å². The molecule has 2 rings (SSSR count). The molecule has 0 aromatic heterocycles. The van der Waals surface area contributed by atoms with Gasteiger partial charge < -0.3 is 0 Å². The Hall–Kier alpha value is -1.43. The monoisotopic (exact) mass is 266 g/mol. The zero-order valence-electron chi connectivity index (χ0n) is 10.7. The fourth-order valence-electron chi connectivity index (χ4n) is 1.96. The van der Waals surface area contributed by atoms with E-state index in [2.05, 4.69) is 11.9 Å². The Morgan fingerprint density at radius 2 is 2.22 bits per heavy atom. The van der Waals surface area contributed by atoms with Crippen LogP contribution in [0.25, 0.3) is 0 Å². The van der Waals surface area contributed by atoms with E-state index in [1.807, 2.05) is 6.08 Å². The second-order valence-electron chi connectivity index (χ2n) is 4.23. The maximum Gasteiger partial charge on any atom is 0.445 e. The first-order chi connectivity index (χ1) is 8.57. The number of amidine groups is 1. The quantitative estimate of drug-likeness (QED) is 0.724. The summed E-state index contributed by atoms with van der Waals surface area (Å²) in [6.07, 6.45) is 4.57. The van der Waals surface area contributed by atoms with Gasteiger partial charge >= 0.3 is 11.9 Å². The smallest absolute Gasteiger partial charge is 0.255 e. The number of urea groups is 1. The first kappa shape index (κ1) is 13.0. The van der Waals surface area contributed by atoms with Crippen LogP contribution in [0.15, 0.2) is 16.0 Å². The summed E-state index contributed by atoms with van der Waals surface area (Å²) in [5.74, 6) is 0.876. The molecule has 1 unspecified atom stereocenters. The van der Waals surface area contributed by atoms with Crippen molar-refractivity contribution in [3.8, 4) is 0 Å². The summed E-state index contributed by atoms with van der Waals surface area (Å²) in [5, 5.41) is 0. The predicted octanol–water partition coefficient (Wildman–Crippen LogP) is 1.35. The molecular formula is C12H16N3O2S+. The fraction of sp³-hybridized carbons (Fsp3) is 0.500. The topological polar surface area (TPSA) is 52.8 Å². The van der Waals surface area contributed by atoms with Crippen LogP contribution in [0.5, 0.6) is 0 Å². The molecule has 0 saturated carbocycles. The van der Waals surface area contributed by atoms with Gasteiger partial charge in [0.25, 0.3) is 5.84 Å². The zero-order chi connectivity index (χ0) is 13.3. The first-order valence-corrected chi connectivity index (χ1v) is 6.85.